The van der Waals surface area contributed by atoms with Gasteiger partial charge in [0.25, 0.3) is 0 Å². The van der Waals surface area contributed by atoms with Crippen LogP contribution in [0, 0.1) is 5.41 Å². The lowest BCUT2D eigenvalue weighted by molar-refractivity contribution is -0.133. The maximum atomic E-state index is 6.35. The molecule has 0 aromatic heterocycles. The van der Waals surface area contributed by atoms with Crippen molar-refractivity contribution < 1.29 is 4.74 Å². The predicted molar refractivity (Wildman–Crippen MR) is 72.1 cm³/mol. The molecule has 0 spiro atoms. The fourth-order valence-electron chi connectivity index (χ4n) is 3.04. The molecule has 0 radical (unpaired) electrons. The Balaban J connectivity index is 1.85. The minimum atomic E-state index is 0.381. The molecule has 2 heteroatoms. The van der Waals surface area contributed by atoms with E-state index in [1.165, 1.54) is 51.4 Å². The molecule has 0 amide bonds. The Labute approximate surface area is 108 Å². The molecule has 2 fully saturated rings. The maximum Gasteiger partial charge on any atom is 0.0653 e. The highest BCUT2D eigenvalue weighted by Gasteiger charge is 2.50. The highest BCUT2D eigenvalue weighted by Crippen LogP contribution is 2.50. The van der Waals surface area contributed by atoms with Crippen molar-refractivity contribution in [3.05, 3.63) is 0 Å². The van der Waals surface area contributed by atoms with Gasteiger partial charge in [-0.05, 0) is 25.7 Å². The lowest BCUT2D eigenvalue weighted by Gasteiger charge is -2.52. The van der Waals surface area contributed by atoms with Crippen LogP contribution in [0.25, 0.3) is 0 Å². The summed E-state index contributed by atoms with van der Waals surface area (Å²) in [5, 5.41) is 0. The van der Waals surface area contributed by atoms with Crippen molar-refractivity contribution in [2.45, 2.75) is 82.2 Å². The van der Waals surface area contributed by atoms with Gasteiger partial charge in [-0.15, -0.1) is 0 Å². The topological polar surface area (TPSA) is 9.23 Å². The Bertz CT molecular complexity index is 223. The number of halogens is 1. The lowest BCUT2D eigenvalue weighted by Crippen LogP contribution is -2.54. The predicted octanol–water partition coefficient (Wildman–Crippen LogP) is 4.68. The van der Waals surface area contributed by atoms with Gasteiger partial charge >= 0.3 is 0 Å². The third kappa shape index (κ3) is 2.48. The van der Waals surface area contributed by atoms with Gasteiger partial charge in [-0.2, -0.15) is 0 Å². The van der Waals surface area contributed by atoms with Crippen molar-refractivity contribution in [2.24, 2.45) is 5.41 Å². The van der Waals surface area contributed by atoms with Crippen molar-refractivity contribution in [1.82, 2.24) is 0 Å². The fraction of sp³-hybridized carbons (Fsp3) is 1.00. The lowest BCUT2D eigenvalue weighted by atomic mass is 9.65. The van der Waals surface area contributed by atoms with Gasteiger partial charge < -0.3 is 4.74 Å². The molecule has 0 bridgehead atoms. The van der Waals surface area contributed by atoms with Crippen molar-refractivity contribution in [3.8, 4) is 0 Å². The normalized spacial score (nSPS) is 41.4. The number of hydrogen-bond donors (Lipinski definition) is 0. The highest BCUT2D eigenvalue weighted by atomic mass is 79.9. The maximum absolute atomic E-state index is 6.35. The van der Waals surface area contributed by atoms with Crippen LogP contribution in [0.3, 0.4) is 0 Å². The Morgan fingerprint density at radius 1 is 1.19 bits per heavy atom. The van der Waals surface area contributed by atoms with Gasteiger partial charge in [0.1, 0.15) is 0 Å². The van der Waals surface area contributed by atoms with Crippen LogP contribution in [0.5, 0.6) is 0 Å². The smallest absolute Gasteiger partial charge is 0.0653 e. The van der Waals surface area contributed by atoms with E-state index >= 15 is 0 Å². The third-order valence-electron chi connectivity index (χ3n) is 4.79. The Morgan fingerprint density at radius 2 is 1.81 bits per heavy atom. The summed E-state index contributed by atoms with van der Waals surface area (Å²) < 4.78 is 6.35. The minimum absolute atomic E-state index is 0.381. The third-order valence-corrected chi connectivity index (χ3v) is 6.21. The molecule has 2 aliphatic carbocycles. The SMILES string of the molecule is CCC1(C)C(Br)CC1OC1CCCCCC1. The summed E-state index contributed by atoms with van der Waals surface area (Å²) in [7, 11) is 0. The molecule has 0 aliphatic heterocycles. The standard InChI is InChI=1S/C14H25BrO/c1-3-14(2)12(15)10-13(14)16-11-8-6-4-5-7-9-11/h11-13H,3-10H2,1-2H3. The van der Waals surface area contributed by atoms with Gasteiger partial charge in [0.05, 0.1) is 12.2 Å². The van der Waals surface area contributed by atoms with Crippen LogP contribution in [-0.2, 0) is 4.74 Å². The molecule has 1 nitrogen and oxygen atoms in total. The van der Waals surface area contributed by atoms with E-state index < -0.39 is 0 Å². The zero-order chi connectivity index (χ0) is 11.6. The van der Waals surface area contributed by atoms with Crippen LogP contribution in [0.15, 0.2) is 0 Å². The molecule has 2 aliphatic rings. The quantitative estimate of drug-likeness (QED) is 0.541. The summed E-state index contributed by atoms with van der Waals surface area (Å²) in [5.41, 5.74) is 0.381. The number of alkyl halides is 1. The summed E-state index contributed by atoms with van der Waals surface area (Å²) >= 11 is 3.78. The average Bonchev–Trinajstić information content (AvgIpc) is 2.56. The van der Waals surface area contributed by atoms with Crippen LogP contribution in [0.2, 0.25) is 0 Å². The summed E-state index contributed by atoms with van der Waals surface area (Å²) in [6.45, 7) is 4.66. The Hall–Kier alpha value is 0.440. The number of rotatable bonds is 3. The second-order valence-electron chi connectivity index (χ2n) is 5.80. The number of hydrogen-bond acceptors (Lipinski definition) is 1. The molecule has 0 aromatic carbocycles. The van der Waals surface area contributed by atoms with E-state index in [0.717, 1.165) is 0 Å². The van der Waals surface area contributed by atoms with Crippen LogP contribution in [0.1, 0.15) is 65.2 Å². The fourth-order valence-corrected chi connectivity index (χ4v) is 4.00. The van der Waals surface area contributed by atoms with Gasteiger partial charge in [0.15, 0.2) is 0 Å². The molecular formula is C14H25BrO. The van der Waals surface area contributed by atoms with Gasteiger partial charge in [-0.3, -0.25) is 0 Å². The van der Waals surface area contributed by atoms with Gasteiger partial charge in [0.2, 0.25) is 0 Å². The molecule has 0 heterocycles. The van der Waals surface area contributed by atoms with Crippen molar-refractivity contribution in [2.75, 3.05) is 0 Å². The first kappa shape index (κ1) is 12.9. The summed E-state index contributed by atoms with van der Waals surface area (Å²) in [4.78, 5) is 0.667. The van der Waals surface area contributed by atoms with Crippen molar-refractivity contribution in [3.63, 3.8) is 0 Å². The van der Waals surface area contributed by atoms with E-state index in [9.17, 15) is 0 Å². The summed E-state index contributed by atoms with van der Waals surface area (Å²) in [6.07, 6.45) is 11.7. The molecule has 0 N–H and O–H groups in total. The van der Waals surface area contributed by atoms with Crippen molar-refractivity contribution >= 4 is 15.9 Å². The largest absolute Gasteiger partial charge is 0.374 e. The molecule has 94 valence electrons. The van der Waals surface area contributed by atoms with Crippen molar-refractivity contribution in [1.29, 1.82) is 0 Å². The molecule has 3 unspecified atom stereocenters. The number of ether oxygens (including phenoxy) is 1. The van der Waals surface area contributed by atoms with Crippen LogP contribution in [-0.4, -0.2) is 17.0 Å². The second-order valence-corrected chi connectivity index (χ2v) is 6.91. The van der Waals surface area contributed by atoms with Crippen LogP contribution < -0.4 is 0 Å². The van der Waals surface area contributed by atoms with Crippen LogP contribution in [0.4, 0.5) is 0 Å². The van der Waals surface area contributed by atoms with E-state index in [4.69, 9.17) is 4.74 Å². The zero-order valence-corrected chi connectivity index (χ0v) is 12.3. The first-order chi connectivity index (χ1) is 7.66. The van der Waals surface area contributed by atoms with Gasteiger partial charge in [-0.1, -0.05) is 55.5 Å². The van der Waals surface area contributed by atoms with Gasteiger partial charge in [0, 0.05) is 10.2 Å². The van der Waals surface area contributed by atoms with E-state index in [0.29, 0.717) is 22.5 Å². The van der Waals surface area contributed by atoms with E-state index in [2.05, 4.69) is 29.8 Å². The average molecular weight is 289 g/mol. The summed E-state index contributed by atoms with van der Waals surface area (Å²) in [6, 6.07) is 0. The highest BCUT2D eigenvalue weighted by molar-refractivity contribution is 9.09. The minimum Gasteiger partial charge on any atom is -0.374 e. The van der Waals surface area contributed by atoms with Gasteiger partial charge in [-0.25, -0.2) is 0 Å². The molecule has 2 saturated carbocycles. The zero-order valence-electron chi connectivity index (χ0n) is 10.7. The van der Waals surface area contributed by atoms with E-state index in [1.54, 1.807) is 0 Å². The molecule has 2 rings (SSSR count). The molecule has 0 aromatic rings. The van der Waals surface area contributed by atoms with E-state index in [1.807, 2.05) is 0 Å². The molecule has 16 heavy (non-hydrogen) atoms. The molecule has 0 saturated heterocycles. The first-order valence-corrected chi connectivity index (χ1v) is 7.88. The molecular weight excluding hydrogens is 264 g/mol. The monoisotopic (exact) mass is 288 g/mol. The molecule has 3 atom stereocenters. The first-order valence-electron chi connectivity index (χ1n) is 6.96. The second kappa shape index (κ2) is 5.39. The van der Waals surface area contributed by atoms with E-state index in [-0.39, 0.29) is 0 Å². The Kier molecular flexibility index (Phi) is 4.34. The van der Waals surface area contributed by atoms with Crippen LogP contribution >= 0.6 is 15.9 Å². The Morgan fingerprint density at radius 3 is 2.31 bits per heavy atom. The summed E-state index contributed by atoms with van der Waals surface area (Å²) in [5.74, 6) is 0.